The third-order valence-corrected chi connectivity index (χ3v) is 4.37. The molecule has 0 aromatic heterocycles. The van der Waals surface area contributed by atoms with Gasteiger partial charge >= 0.3 is 0 Å². The zero-order valence-electron chi connectivity index (χ0n) is 14.0. The van der Waals surface area contributed by atoms with Crippen molar-refractivity contribution in [2.75, 3.05) is 11.9 Å². The summed E-state index contributed by atoms with van der Waals surface area (Å²) in [4.78, 5) is 0. The maximum absolute atomic E-state index is 5.37. The van der Waals surface area contributed by atoms with E-state index in [1.165, 1.54) is 31.2 Å². The zero-order chi connectivity index (χ0) is 16.0. The first-order chi connectivity index (χ1) is 10.4. The molecule has 0 amide bonds. The molecule has 0 fully saturated rings. The minimum Gasteiger partial charge on any atom is -0.362 e. The lowest BCUT2D eigenvalue weighted by atomic mass is 9.87. The Morgan fingerprint density at radius 3 is 2.45 bits per heavy atom. The van der Waals surface area contributed by atoms with Crippen LogP contribution in [0.15, 0.2) is 35.9 Å². The molecule has 0 atom stereocenters. The lowest BCUT2D eigenvalue weighted by Crippen LogP contribution is -2.29. The maximum Gasteiger partial charge on any atom is 0.170 e. The molecule has 3 heteroatoms. The molecule has 1 aliphatic carbocycles. The molecule has 1 aromatic carbocycles. The van der Waals surface area contributed by atoms with E-state index < -0.39 is 0 Å². The van der Waals surface area contributed by atoms with Gasteiger partial charge in [0.1, 0.15) is 0 Å². The van der Waals surface area contributed by atoms with Crippen LogP contribution in [-0.2, 0) is 5.41 Å². The molecule has 0 saturated heterocycles. The summed E-state index contributed by atoms with van der Waals surface area (Å²) in [6.45, 7) is 7.59. The van der Waals surface area contributed by atoms with E-state index in [-0.39, 0.29) is 5.41 Å². The fourth-order valence-corrected chi connectivity index (χ4v) is 2.92. The molecule has 0 spiro atoms. The van der Waals surface area contributed by atoms with Crippen molar-refractivity contribution >= 4 is 23.0 Å². The lowest BCUT2D eigenvalue weighted by Gasteiger charge is -2.19. The summed E-state index contributed by atoms with van der Waals surface area (Å²) < 4.78 is 0. The highest BCUT2D eigenvalue weighted by molar-refractivity contribution is 7.80. The Morgan fingerprint density at radius 1 is 1.14 bits per heavy atom. The van der Waals surface area contributed by atoms with Gasteiger partial charge in [-0.05, 0) is 67.4 Å². The molecule has 0 radical (unpaired) electrons. The Balaban J connectivity index is 1.76. The predicted molar refractivity (Wildman–Crippen MR) is 101 cm³/mol. The van der Waals surface area contributed by atoms with Gasteiger partial charge in [0.05, 0.1) is 0 Å². The van der Waals surface area contributed by atoms with Gasteiger partial charge in [0, 0.05) is 12.2 Å². The van der Waals surface area contributed by atoms with Crippen molar-refractivity contribution in [1.29, 1.82) is 0 Å². The van der Waals surface area contributed by atoms with Gasteiger partial charge in [-0.25, -0.2) is 0 Å². The van der Waals surface area contributed by atoms with E-state index in [0.717, 1.165) is 18.7 Å². The summed E-state index contributed by atoms with van der Waals surface area (Å²) >= 11 is 5.37. The quantitative estimate of drug-likeness (QED) is 0.592. The molecule has 0 aliphatic heterocycles. The van der Waals surface area contributed by atoms with Crippen LogP contribution in [0.1, 0.15) is 58.4 Å². The van der Waals surface area contributed by atoms with E-state index in [0.29, 0.717) is 5.11 Å². The second-order valence-electron chi connectivity index (χ2n) is 7.07. The standard InChI is InChI=1S/C19H28N2S/c1-19(2,3)16-9-11-17(12-10-16)21-18(22)20-14-13-15-7-5-4-6-8-15/h7,9-12H,4-6,8,13-14H2,1-3H3,(H2,20,21,22). The van der Waals surface area contributed by atoms with E-state index in [9.17, 15) is 0 Å². The Hall–Kier alpha value is -1.35. The predicted octanol–water partition coefficient (Wildman–Crippen LogP) is 5.16. The summed E-state index contributed by atoms with van der Waals surface area (Å²) in [6.07, 6.45) is 8.70. The number of allylic oxidation sites excluding steroid dienone is 1. The highest BCUT2D eigenvalue weighted by Gasteiger charge is 2.12. The molecule has 120 valence electrons. The van der Waals surface area contributed by atoms with Crippen molar-refractivity contribution in [3.8, 4) is 0 Å². The number of nitrogens with one attached hydrogen (secondary N) is 2. The monoisotopic (exact) mass is 316 g/mol. The second-order valence-corrected chi connectivity index (χ2v) is 7.47. The molecule has 0 unspecified atom stereocenters. The number of anilines is 1. The van der Waals surface area contributed by atoms with Crippen molar-refractivity contribution in [2.24, 2.45) is 0 Å². The van der Waals surface area contributed by atoms with Crippen LogP contribution in [0, 0.1) is 0 Å². The summed E-state index contributed by atoms with van der Waals surface area (Å²) in [5, 5.41) is 7.27. The Bertz CT molecular complexity index is 523. The molecule has 1 aliphatic rings. The van der Waals surface area contributed by atoms with Gasteiger partial charge < -0.3 is 10.6 Å². The van der Waals surface area contributed by atoms with E-state index >= 15 is 0 Å². The fourth-order valence-electron chi connectivity index (χ4n) is 2.70. The summed E-state index contributed by atoms with van der Waals surface area (Å²) in [5.41, 5.74) is 4.14. The van der Waals surface area contributed by atoms with E-state index in [1.807, 2.05) is 0 Å². The lowest BCUT2D eigenvalue weighted by molar-refractivity contribution is 0.590. The van der Waals surface area contributed by atoms with Crippen LogP contribution in [0.3, 0.4) is 0 Å². The molecule has 1 aromatic rings. The van der Waals surface area contributed by atoms with Crippen LogP contribution < -0.4 is 10.6 Å². The van der Waals surface area contributed by atoms with Gasteiger partial charge in [0.15, 0.2) is 5.11 Å². The Morgan fingerprint density at radius 2 is 1.86 bits per heavy atom. The molecule has 22 heavy (non-hydrogen) atoms. The number of hydrogen-bond acceptors (Lipinski definition) is 1. The van der Waals surface area contributed by atoms with E-state index in [4.69, 9.17) is 12.2 Å². The molecule has 0 saturated carbocycles. The number of benzene rings is 1. The normalized spacial score (nSPS) is 15.1. The Labute approximate surface area is 140 Å². The van der Waals surface area contributed by atoms with Crippen molar-refractivity contribution < 1.29 is 0 Å². The first-order valence-electron chi connectivity index (χ1n) is 8.28. The molecule has 2 rings (SSSR count). The van der Waals surface area contributed by atoms with Crippen molar-refractivity contribution in [3.05, 3.63) is 41.5 Å². The minimum absolute atomic E-state index is 0.186. The SMILES string of the molecule is CC(C)(C)c1ccc(NC(=S)NCCC2=CCCCC2)cc1. The van der Waals surface area contributed by atoms with Gasteiger partial charge in [-0.1, -0.05) is 44.6 Å². The highest BCUT2D eigenvalue weighted by atomic mass is 32.1. The van der Waals surface area contributed by atoms with Crippen LogP contribution in [0.5, 0.6) is 0 Å². The summed E-state index contributed by atoms with van der Waals surface area (Å²) in [6, 6.07) is 8.52. The number of hydrogen-bond donors (Lipinski definition) is 2. The van der Waals surface area contributed by atoms with Crippen molar-refractivity contribution in [3.63, 3.8) is 0 Å². The van der Waals surface area contributed by atoms with Crippen LogP contribution in [0.25, 0.3) is 0 Å². The van der Waals surface area contributed by atoms with Crippen LogP contribution in [-0.4, -0.2) is 11.7 Å². The number of rotatable bonds is 4. The van der Waals surface area contributed by atoms with Crippen LogP contribution in [0.4, 0.5) is 5.69 Å². The Kier molecular flexibility index (Phi) is 6.01. The minimum atomic E-state index is 0.186. The molecular weight excluding hydrogens is 288 g/mol. The molecular formula is C19H28N2S. The molecule has 2 N–H and O–H groups in total. The van der Waals surface area contributed by atoms with Gasteiger partial charge in [0.25, 0.3) is 0 Å². The third kappa shape index (κ3) is 5.45. The summed E-state index contributed by atoms with van der Waals surface area (Å²) in [7, 11) is 0. The maximum atomic E-state index is 5.37. The molecule has 0 heterocycles. The van der Waals surface area contributed by atoms with Gasteiger partial charge in [0.2, 0.25) is 0 Å². The smallest absolute Gasteiger partial charge is 0.170 e. The topological polar surface area (TPSA) is 24.1 Å². The second kappa shape index (κ2) is 7.77. The zero-order valence-corrected chi connectivity index (χ0v) is 14.9. The van der Waals surface area contributed by atoms with Crippen molar-refractivity contribution in [1.82, 2.24) is 5.32 Å². The van der Waals surface area contributed by atoms with Gasteiger partial charge in [-0.15, -0.1) is 0 Å². The molecule has 2 nitrogen and oxygen atoms in total. The van der Waals surface area contributed by atoms with Crippen LogP contribution >= 0.6 is 12.2 Å². The largest absolute Gasteiger partial charge is 0.362 e. The van der Waals surface area contributed by atoms with Crippen LogP contribution in [0.2, 0.25) is 0 Å². The first kappa shape index (κ1) is 17.0. The highest BCUT2D eigenvalue weighted by Crippen LogP contribution is 2.23. The number of thiocarbonyl (C=S) groups is 1. The van der Waals surface area contributed by atoms with E-state index in [2.05, 4.69) is 61.7 Å². The van der Waals surface area contributed by atoms with Gasteiger partial charge in [-0.2, -0.15) is 0 Å². The average Bonchev–Trinajstić information content (AvgIpc) is 2.48. The van der Waals surface area contributed by atoms with Gasteiger partial charge in [-0.3, -0.25) is 0 Å². The fraction of sp³-hybridized carbons (Fsp3) is 0.526. The third-order valence-electron chi connectivity index (χ3n) is 4.13. The summed E-state index contributed by atoms with van der Waals surface area (Å²) in [5.74, 6) is 0. The van der Waals surface area contributed by atoms with Crippen molar-refractivity contribution in [2.45, 2.75) is 58.3 Å². The van der Waals surface area contributed by atoms with E-state index in [1.54, 1.807) is 5.57 Å². The average molecular weight is 317 g/mol. The first-order valence-corrected chi connectivity index (χ1v) is 8.69. The molecule has 0 bridgehead atoms.